The van der Waals surface area contributed by atoms with Gasteiger partial charge in [-0.1, -0.05) is 36.4 Å². The molecule has 29 heavy (non-hydrogen) atoms. The molecule has 7 heteroatoms. The number of fused-ring (bicyclic) bond motifs is 2. The van der Waals surface area contributed by atoms with E-state index < -0.39 is 0 Å². The van der Waals surface area contributed by atoms with Crippen molar-refractivity contribution in [3.05, 3.63) is 60.2 Å². The SMILES string of the molecule is O=C(COc1cccc2ccccc12)N1CCN(c2ncnc3sccc23)CC1. The standard InChI is InChI=1S/C22H20N4O2S/c27-20(14-28-19-7-3-5-16-4-1-2-6-17(16)19)25-9-11-26(12-10-25)21-18-8-13-29-22(18)24-15-23-21/h1-8,13,15H,9-12,14H2. The van der Waals surface area contributed by atoms with Crippen molar-refractivity contribution in [3.8, 4) is 5.75 Å². The molecule has 2 aromatic carbocycles. The van der Waals surface area contributed by atoms with Crippen LogP contribution in [0.1, 0.15) is 0 Å². The van der Waals surface area contributed by atoms with E-state index >= 15 is 0 Å². The van der Waals surface area contributed by atoms with Crippen molar-refractivity contribution in [1.82, 2.24) is 14.9 Å². The highest BCUT2D eigenvalue weighted by Crippen LogP contribution is 2.28. The third-order valence-electron chi connectivity index (χ3n) is 5.27. The molecule has 0 bridgehead atoms. The summed E-state index contributed by atoms with van der Waals surface area (Å²) < 4.78 is 5.87. The molecule has 0 atom stereocenters. The van der Waals surface area contributed by atoms with Gasteiger partial charge in [0.2, 0.25) is 0 Å². The van der Waals surface area contributed by atoms with Crippen LogP contribution in [0, 0.1) is 0 Å². The van der Waals surface area contributed by atoms with Gasteiger partial charge in [-0.25, -0.2) is 9.97 Å². The monoisotopic (exact) mass is 404 g/mol. The van der Waals surface area contributed by atoms with Crippen molar-refractivity contribution in [2.45, 2.75) is 0 Å². The zero-order valence-electron chi connectivity index (χ0n) is 15.8. The summed E-state index contributed by atoms with van der Waals surface area (Å²) in [4.78, 5) is 26.6. The third kappa shape index (κ3) is 3.49. The fraction of sp³-hybridized carbons (Fsp3) is 0.227. The van der Waals surface area contributed by atoms with Crippen LogP contribution in [0.4, 0.5) is 5.82 Å². The summed E-state index contributed by atoms with van der Waals surface area (Å²) in [6.45, 7) is 2.88. The molecule has 0 radical (unpaired) electrons. The van der Waals surface area contributed by atoms with Crippen molar-refractivity contribution in [2.24, 2.45) is 0 Å². The molecule has 1 saturated heterocycles. The molecule has 0 aliphatic carbocycles. The van der Waals surface area contributed by atoms with Gasteiger partial charge in [-0.05, 0) is 22.9 Å². The van der Waals surface area contributed by atoms with Gasteiger partial charge in [-0.15, -0.1) is 11.3 Å². The Morgan fingerprint density at radius 1 is 0.966 bits per heavy atom. The lowest BCUT2D eigenvalue weighted by Gasteiger charge is -2.35. The normalized spacial score (nSPS) is 14.5. The fourth-order valence-corrected chi connectivity index (χ4v) is 4.48. The summed E-state index contributed by atoms with van der Waals surface area (Å²) in [6, 6.07) is 16.0. The number of ether oxygens (including phenoxy) is 1. The molecule has 6 nitrogen and oxygen atoms in total. The molecule has 1 aliphatic rings. The van der Waals surface area contributed by atoms with Gasteiger partial charge >= 0.3 is 0 Å². The van der Waals surface area contributed by atoms with E-state index in [1.54, 1.807) is 17.7 Å². The van der Waals surface area contributed by atoms with Crippen molar-refractivity contribution >= 4 is 44.1 Å². The van der Waals surface area contributed by atoms with Gasteiger partial charge in [0.1, 0.15) is 22.7 Å². The van der Waals surface area contributed by atoms with Crippen LogP contribution < -0.4 is 9.64 Å². The van der Waals surface area contributed by atoms with Crippen molar-refractivity contribution < 1.29 is 9.53 Å². The Kier molecular flexibility index (Phi) is 4.73. The second-order valence-corrected chi connectivity index (χ2v) is 7.87. The number of anilines is 1. The Bertz CT molecular complexity index is 1160. The van der Waals surface area contributed by atoms with E-state index in [2.05, 4.69) is 20.9 Å². The summed E-state index contributed by atoms with van der Waals surface area (Å²) in [6.07, 6.45) is 1.61. The minimum Gasteiger partial charge on any atom is -0.483 e. The average molecular weight is 404 g/mol. The maximum absolute atomic E-state index is 12.7. The molecule has 1 amide bonds. The number of benzene rings is 2. The van der Waals surface area contributed by atoms with Crippen LogP contribution >= 0.6 is 11.3 Å². The van der Waals surface area contributed by atoms with Crippen LogP contribution in [-0.4, -0.2) is 53.6 Å². The van der Waals surface area contributed by atoms with E-state index in [1.807, 2.05) is 52.7 Å². The highest BCUT2D eigenvalue weighted by Gasteiger charge is 2.23. The number of piperazine rings is 1. The number of hydrogen-bond acceptors (Lipinski definition) is 6. The molecule has 4 aromatic rings. The summed E-state index contributed by atoms with van der Waals surface area (Å²) in [7, 11) is 0. The molecule has 2 aromatic heterocycles. The Hall–Kier alpha value is -3.19. The highest BCUT2D eigenvalue weighted by atomic mass is 32.1. The van der Waals surface area contributed by atoms with Crippen LogP contribution in [0.2, 0.25) is 0 Å². The molecule has 0 unspecified atom stereocenters. The van der Waals surface area contributed by atoms with E-state index in [9.17, 15) is 4.79 Å². The summed E-state index contributed by atoms with van der Waals surface area (Å²) in [5, 5.41) is 5.25. The van der Waals surface area contributed by atoms with Crippen molar-refractivity contribution in [3.63, 3.8) is 0 Å². The topological polar surface area (TPSA) is 58.6 Å². The Balaban J connectivity index is 1.22. The van der Waals surface area contributed by atoms with Crippen molar-refractivity contribution in [1.29, 1.82) is 0 Å². The number of carbonyl (C=O) groups excluding carboxylic acids is 1. The largest absolute Gasteiger partial charge is 0.483 e. The van der Waals surface area contributed by atoms with Gasteiger partial charge in [-0.3, -0.25) is 4.79 Å². The number of nitrogens with zero attached hydrogens (tertiary/aromatic N) is 4. The Morgan fingerprint density at radius 3 is 2.69 bits per heavy atom. The molecule has 1 aliphatic heterocycles. The third-order valence-corrected chi connectivity index (χ3v) is 6.09. The summed E-state index contributed by atoms with van der Waals surface area (Å²) in [5.41, 5.74) is 0. The first kappa shape index (κ1) is 17.9. The maximum Gasteiger partial charge on any atom is 0.260 e. The first-order valence-corrected chi connectivity index (χ1v) is 10.5. The molecular weight excluding hydrogens is 384 g/mol. The molecular formula is C22H20N4O2S. The van der Waals surface area contributed by atoms with Crippen LogP contribution in [0.5, 0.6) is 5.75 Å². The first-order valence-electron chi connectivity index (χ1n) is 9.61. The van der Waals surface area contributed by atoms with Gasteiger partial charge < -0.3 is 14.5 Å². The van der Waals surface area contributed by atoms with Crippen molar-refractivity contribution in [2.75, 3.05) is 37.7 Å². The molecule has 3 heterocycles. The summed E-state index contributed by atoms with van der Waals surface area (Å²) >= 11 is 1.62. The number of hydrogen-bond donors (Lipinski definition) is 0. The minimum atomic E-state index is 0.0148. The maximum atomic E-state index is 12.7. The number of rotatable bonds is 4. The molecule has 146 valence electrons. The van der Waals surface area contributed by atoms with E-state index in [0.717, 1.165) is 45.6 Å². The Labute approximate surface area is 172 Å². The van der Waals surface area contributed by atoms with Gasteiger partial charge in [0.05, 0.1) is 5.39 Å². The zero-order valence-corrected chi connectivity index (χ0v) is 16.6. The van der Waals surface area contributed by atoms with Crippen LogP contribution in [0.15, 0.2) is 60.2 Å². The van der Waals surface area contributed by atoms with Gasteiger partial charge in [0.15, 0.2) is 6.61 Å². The van der Waals surface area contributed by atoms with E-state index in [1.165, 1.54) is 0 Å². The number of amides is 1. The Morgan fingerprint density at radius 2 is 1.79 bits per heavy atom. The van der Waals surface area contributed by atoms with Gasteiger partial charge in [0.25, 0.3) is 5.91 Å². The van der Waals surface area contributed by atoms with Crippen LogP contribution in [0.25, 0.3) is 21.0 Å². The van der Waals surface area contributed by atoms with E-state index in [-0.39, 0.29) is 12.5 Å². The van der Waals surface area contributed by atoms with Crippen LogP contribution in [0.3, 0.4) is 0 Å². The first-order chi connectivity index (χ1) is 14.3. The second-order valence-electron chi connectivity index (χ2n) is 6.97. The van der Waals surface area contributed by atoms with Gasteiger partial charge in [-0.2, -0.15) is 0 Å². The highest BCUT2D eigenvalue weighted by molar-refractivity contribution is 7.16. The predicted octanol–water partition coefficient (Wildman–Crippen LogP) is 3.57. The molecule has 1 fully saturated rings. The lowest BCUT2D eigenvalue weighted by atomic mass is 10.1. The van der Waals surface area contributed by atoms with Crippen LogP contribution in [-0.2, 0) is 4.79 Å². The van der Waals surface area contributed by atoms with E-state index in [4.69, 9.17) is 4.74 Å². The van der Waals surface area contributed by atoms with Gasteiger partial charge in [0, 0.05) is 31.6 Å². The molecule has 0 spiro atoms. The second kappa shape index (κ2) is 7.67. The number of aromatic nitrogens is 2. The predicted molar refractivity (Wildman–Crippen MR) is 116 cm³/mol. The number of carbonyl (C=O) groups is 1. The average Bonchev–Trinajstić information content (AvgIpc) is 3.26. The molecule has 0 saturated carbocycles. The lowest BCUT2D eigenvalue weighted by molar-refractivity contribution is -0.133. The zero-order chi connectivity index (χ0) is 19.6. The minimum absolute atomic E-state index is 0.0148. The lowest BCUT2D eigenvalue weighted by Crippen LogP contribution is -2.50. The molecule has 5 rings (SSSR count). The molecule has 0 N–H and O–H groups in total. The fourth-order valence-electron chi connectivity index (χ4n) is 3.75. The number of thiophene rings is 1. The van der Waals surface area contributed by atoms with E-state index in [0.29, 0.717) is 13.1 Å². The smallest absolute Gasteiger partial charge is 0.260 e. The quantitative estimate of drug-likeness (QED) is 0.520. The summed E-state index contributed by atoms with van der Waals surface area (Å²) in [5.74, 6) is 1.72.